The van der Waals surface area contributed by atoms with Crippen LogP contribution in [-0.2, 0) is 14.8 Å². The molecule has 0 fully saturated rings. The van der Waals surface area contributed by atoms with Crippen molar-refractivity contribution >= 4 is 39.4 Å². The summed E-state index contributed by atoms with van der Waals surface area (Å²) in [6.45, 7) is 7.73. The average Bonchev–Trinajstić information content (AvgIpc) is 3.00. The first-order valence-electron chi connectivity index (χ1n) is 10.3. The molecule has 1 aromatic heterocycles. The molecule has 0 unspecified atom stereocenters. The lowest BCUT2D eigenvalue weighted by atomic mass is 10.1. The molecule has 7 nitrogen and oxygen atoms in total. The Bertz CT molecular complexity index is 1310. The maximum absolute atomic E-state index is 12.4. The standard InChI is InChI=1S/C24H27ClN4O3S/c1-16-6-11-23(17(2)12-16)29-18(3)13-20(19(29)4)14-26-27-24(30)15-28(33(5,31)32)22-9-7-21(25)8-10-22/h6-14H,15H2,1-5H3,(H,27,30)/b26-14-. The van der Waals surface area contributed by atoms with E-state index in [0.29, 0.717) is 10.7 Å². The third-order valence-electron chi connectivity index (χ3n) is 5.26. The van der Waals surface area contributed by atoms with Gasteiger partial charge in [0, 0.05) is 27.7 Å². The van der Waals surface area contributed by atoms with E-state index in [0.717, 1.165) is 38.8 Å². The van der Waals surface area contributed by atoms with Crippen molar-refractivity contribution in [2.24, 2.45) is 5.10 Å². The fourth-order valence-corrected chi connectivity index (χ4v) is 4.67. The van der Waals surface area contributed by atoms with E-state index < -0.39 is 22.5 Å². The van der Waals surface area contributed by atoms with Gasteiger partial charge >= 0.3 is 0 Å². The number of carbonyl (C=O) groups excluding carboxylic acids is 1. The van der Waals surface area contributed by atoms with E-state index in [1.165, 1.54) is 5.56 Å². The van der Waals surface area contributed by atoms with Crippen LogP contribution in [0, 0.1) is 27.7 Å². The molecular weight excluding hydrogens is 460 g/mol. The fraction of sp³-hybridized carbons (Fsp3) is 0.250. The van der Waals surface area contributed by atoms with Gasteiger partial charge in [-0.25, -0.2) is 13.8 Å². The molecule has 0 aliphatic rings. The van der Waals surface area contributed by atoms with Crippen LogP contribution in [0.3, 0.4) is 0 Å². The molecule has 0 bridgehead atoms. The smallest absolute Gasteiger partial charge is 0.260 e. The van der Waals surface area contributed by atoms with Gasteiger partial charge in [-0.05, 0) is 69.7 Å². The van der Waals surface area contributed by atoms with Crippen molar-refractivity contribution in [3.8, 4) is 5.69 Å². The van der Waals surface area contributed by atoms with Crippen molar-refractivity contribution in [1.29, 1.82) is 0 Å². The van der Waals surface area contributed by atoms with Gasteiger partial charge in [-0.3, -0.25) is 9.10 Å². The van der Waals surface area contributed by atoms with Gasteiger partial charge in [0.25, 0.3) is 5.91 Å². The van der Waals surface area contributed by atoms with Crippen LogP contribution >= 0.6 is 11.6 Å². The second kappa shape index (κ2) is 9.80. The highest BCUT2D eigenvalue weighted by molar-refractivity contribution is 7.92. The molecule has 0 aliphatic heterocycles. The zero-order valence-electron chi connectivity index (χ0n) is 19.3. The summed E-state index contributed by atoms with van der Waals surface area (Å²) in [6.07, 6.45) is 2.60. The van der Waals surface area contributed by atoms with Crippen molar-refractivity contribution in [2.45, 2.75) is 27.7 Å². The minimum absolute atomic E-state index is 0.345. The summed E-state index contributed by atoms with van der Waals surface area (Å²) in [5, 5.41) is 4.52. The molecule has 0 spiro atoms. The topological polar surface area (TPSA) is 83.8 Å². The Morgan fingerprint density at radius 2 is 1.76 bits per heavy atom. The largest absolute Gasteiger partial charge is 0.318 e. The van der Waals surface area contributed by atoms with Crippen LogP contribution in [0.15, 0.2) is 53.6 Å². The molecule has 0 aliphatic carbocycles. The molecule has 1 amide bonds. The lowest BCUT2D eigenvalue weighted by Gasteiger charge is -2.21. The highest BCUT2D eigenvalue weighted by Crippen LogP contribution is 2.23. The van der Waals surface area contributed by atoms with E-state index in [-0.39, 0.29) is 0 Å². The number of anilines is 1. The minimum Gasteiger partial charge on any atom is -0.318 e. The lowest BCUT2D eigenvalue weighted by Crippen LogP contribution is -2.39. The molecular formula is C24H27ClN4O3S. The zero-order chi connectivity index (χ0) is 24.3. The quantitative estimate of drug-likeness (QED) is 0.399. The Morgan fingerprint density at radius 1 is 1.09 bits per heavy atom. The van der Waals surface area contributed by atoms with Gasteiger partial charge in [0.15, 0.2) is 0 Å². The molecule has 0 saturated heterocycles. The first-order valence-corrected chi connectivity index (χ1v) is 12.5. The molecule has 33 heavy (non-hydrogen) atoms. The normalized spacial score (nSPS) is 11.7. The van der Waals surface area contributed by atoms with Crippen LogP contribution in [0.2, 0.25) is 5.02 Å². The fourth-order valence-electron chi connectivity index (χ4n) is 3.69. The summed E-state index contributed by atoms with van der Waals surface area (Å²) in [5.74, 6) is -0.560. The van der Waals surface area contributed by atoms with E-state index in [4.69, 9.17) is 11.6 Å². The summed E-state index contributed by atoms with van der Waals surface area (Å²) >= 11 is 5.88. The number of hydrogen-bond acceptors (Lipinski definition) is 4. The third kappa shape index (κ3) is 5.83. The number of aryl methyl sites for hydroxylation is 3. The van der Waals surface area contributed by atoms with Crippen LogP contribution in [0.5, 0.6) is 0 Å². The Kier molecular flexibility index (Phi) is 7.29. The van der Waals surface area contributed by atoms with E-state index >= 15 is 0 Å². The van der Waals surface area contributed by atoms with Gasteiger partial charge < -0.3 is 4.57 Å². The number of hydrazone groups is 1. The molecule has 3 rings (SSSR count). The van der Waals surface area contributed by atoms with E-state index in [2.05, 4.69) is 47.1 Å². The molecule has 0 radical (unpaired) electrons. The Balaban J connectivity index is 1.75. The van der Waals surface area contributed by atoms with Crippen LogP contribution in [-0.4, -0.2) is 37.9 Å². The van der Waals surface area contributed by atoms with Gasteiger partial charge in [-0.2, -0.15) is 5.10 Å². The SMILES string of the molecule is Cc1ccc(-n2c(C)cc(/C=N\NC(=O)CN(c3ccc(Cl)cc3)S(C)(=O)=O)c2C)c(C)c1. The lowest BCUT2D eigenvalue weighted by molar-refractivity contribution is -0.119. The second-order valence-corrected chi connectivity index (χ2v) is 10.3. The number of aromatic nitrogens is 1. The Labute approximate surface area is 199 Å². The maximum atomic E-state index is 12.4. The van der Waals surface area contributed by atoms with Crippen LogP contribution < -0.4 is 9.73 Å². The number of hydrogen-bond donors (Lipinski definition) is 1. The number of nitrogens with one attached hydrogen (secondary N) is 1. The van der Waals surface area contributed by atoms with Crippen LogP contribution in [0.4, 0.5) is 5.69 Å². The van der Waals surface area contributed by atoms with Gasteiger partial charge in [0.1, 0.15) is 6.54 Å². The van der Waals surface area contributed by atoms with Crippen LogP contribution in [0.1, 0.15) is 28.1 Å². The summed E-state index contributed by atoms with van der Waals surface area (Å²) in [5.41, 5.74) is 9.09. The Hall–Kier alpha value is -3.10. The predicted molar refractivity (Wildman–Crippen MR) is 134 cm³/mol. The number of rotatable bonds is 7. The number of nitrogens with zero attached hydrogens (tertiary/aromatic N) is 3. The molecule has 2 aromatic carbocycles. The number of sulfonamides is 1. The number of amides is 1. The molecule has 0 saturated carbocycles. The van der Waals surface area contributed by atoms with Gasteiger partial charge in [0.2, 0.25) is 10.0 Å². The summed E-state index contributed by atoms with van der Waals surface area (Å²) < 4.78 is 27.5. The molecule has 174 valence electrons. The van der Waals surface area contributed by atoms with Gasteiger partial charge in [0.05, 0.1) is 18.2 Å². The number of benzene rings is 2. The van der Waals surface area contributed by atoms with Crippen molar-refractivity contribution < 1.29 is 13.2 Å². The van der Waals surface area contributed by atoms with Gasteiger partial charge in [-0.1, -0.05) is 29.3 Å². The first-order chi connectivity index (χ1) is 15.5. The highest BCUT2D eigenvalue weighted by atomic mass is 35.5. The summed E-state index contributed by atoms with van der Waals surface area (Å²) in [6, 6.07) is 14.5. The molecule has 3 aromatic rings. The summed E-state index contributed by atoms with van der Waals surface area (Å²) in [4.78, 5) is 12.4. The molecule has 9 heteroatoms. The van der Waals surface area contributed by atoms with Crippen molar-refractivity contribution in [2.75, 3.05) is 17.1 Å². The van der Waals surface area contributed by atoms with Crippen molar-refractivity contribution in [3.63, 3.8) is 0 Å². The summed E-state index contributed by atoms with van der Waals surface area (Å²) in [7, 11) is -3.68. The monoisotopic (exact) mass is 486 g/mol. The first kappa shape index (κ1) is 24.5. The van der Waals surface area contributed by atoms with Crippen LogP contribution in [0.25, 0.3) is 5.69 Å². The van der Waals surface area contributed by atoms with E-state index in [9.17, 15) is 13.2 Å². The molecule has 1 N–H and O–H groups in total. The minimum atomic E-state index is -3.68. The molecule has 0 atom stereocenters. The molecule has 1 heterocycles. The number of halogens is 1. The van der Waals surface area contributed by atoms with Gasteiger partial charge in [-0.15, -0.1) is 0 Å². The maximum Gasteiger partial charge on any atom is 0.260 e. The zero-order valence-corrected chi connectivity index (χ0v) is 20.8. The third-order valence-corrected chi connectivity index (χ3v) is 6.65. The van der Waals surface area contributed by atoms with Crippen molar-refractivity contribution in [3.05, 3.63) is 81.6 Å². The van der Waals surface area contributed by atoms with E-state index in [1.807, 2.05) is 19.9 Å². The highest BCUT2D eigenvalue weighted by Gasteiger charge is 2.20. The Morgan fingerprint density at radius 3 is 2.36 bits per heavy atom. The number of carbonyl (C=O) groups is 1. The average molecular weight is 487 g/mol. The van der Waals surface area contributed by atoms with E-state index in [1.54, 1.807) is 30.5 Å². The second-order valence-electron chi connectivity index (χ2n) is 7.99. The van der Waals surface area contributed by atoms with Crippen molar-refractivity contribution in [1.82, 2.24) is 9.99 Å². The predicted octanol–water partition coefficient (Wildman–Crippen LogP) is 4.28.